The SMILES string of the molecule is Cc1nc(C)n(C[C@H]2CN(C[C@@H](O)Cn3cccn3)CCO2)n1. The number of β-amino-alcohol motifs (C(OH)–C–C–N with tert-alkyl or cyclic N) is 1. The molecule has 0 unspecified atom stereocenters. The fourth-order valence-corrected chi connectivity index (χ4v) is 2.96. The molecule has 0 bridgehead atoms. The van der Waals surface area contributed by atoms with Gasteiger partial charge >= 0.3 is 0 Å². The van der Waals surface area contributed by atoms with Gasteiger partial charge in [0.05, 0.1) is 31.9 Å². The maximum atomic E-state index is 10.2. The molecular formula is C15H24N6O2. The normalized spacial score (nSPS) is 20.7. The van der Waals surface area contributed by atoms with Gasteiger partial charge in [-0.3, -0.25) is 9.58 Å². The quantitative estimate of drug-likeness (QED) is 0.797. The Balaban J connectivity index is 1.50. The van der Waals surface area contributed by atoms with Crippen LogP contribution in [0.5, 0.6) is 0 Å². The summed E-state index contributed by atoms with van der Waals surface area (Å²) in [6.07, 6.45) is 3.21. The summed E-state index contributed by atoms with van der Waals surface area (Å²) in [5, 5.41) is 18.7. The van der Waals surface area contributed by atoms with E-state index >= 15 is 0 Å². The summed E-state index contributed by atoms with van der Waals surface area (Å²) in [5.74, 6) is 1.69. The molecule has 23 heavy (non-hydrogen) atoms. The van der Waals surface area contributed by atoms with Gasteiger partial charge in [0.15, 0.2) is 0 Å². The molecule has 2 aromatic heterocycles. The van der Waals surface area contributed by atoms with Crippen LogP contribution in [-0.4, -0.2) is 73.0 Å². The van der Waals surface area contributed by atoms with Crippen molar-refractivity contribution in [3.05, 3.63) is 30.1 Å². The van der Waals surface area contributed by atoms with Crippen LogP contribution in [0.4, 0.5) is 0 Å². The van der Waals surface area contributed by atoms with Gasteiger partial charge < -0.3 is 9.84 Å². The Kier molecular flexibility index (Phi) is 5.04. The van der Waals surface area contributed by atoms with Gasteiger partial charge in [0.1, 0.15) is 11.6 Å². The van der Waals surface area contributed by atoms with E-state index < -0.39 is 6.10 Å². The van der Waals surface area contributed by atoms with Crippen molar-refractivity contribution in [1.82, 2.24) is 29.4 Å². The molecule has 0 radical (unpaired) electrons. The van der Waals surface area contributed by atoms with E-state index in [4.69, 9.17) is 4.74 Å². The minimum Gasteiger partial charge on any atom is -0.390 e. The van der Waals surface area contributed by atoms with Gasteiger partial charge in [-0.1, -0.05) is 0 Å². The third-order valence-corrected chi connectivity index (χ3v) is 3.99. The number of aryl methyl sites for hydroxylation is 2. The van der Waals surface area contributed by atoms with Crippen LogP contribution >= 0.6 is 0 Å². The van der Waals surface area contributed by atoms with Crippen molar-refractivity contribution in [3.8, 4) is 0 Å². The van der Waals surface area contributed by atoms with Crippen molar-refractivity contribution in [2.75, 3.05) is 26.2 Å². The molecule has 0 amide bonds. The first-order valence-electron chi connectivity index (χ1n) is 7.97. The second kappa shape index (κ2) is 7.20. The molecule has 0 aromatic carbocycles. The van der Waals surface area contributed by atoms with Crippen LogP contribution in [-0.2, 0) is 17.8 Å². The van der Waals surface area contributed by atoms with E-state index in [0.717, 1.165) is 24.7 Å². The molecule has 8 heteroatoms. The summed E-state index contributed by atoms with van der Waals surface area (Å²) in [4.78, 5) is 6.56. The van der Waals surface area contributed by atoms with Gasteiger partial charge in [-0.15, -0.1) is 0 Å². The van der Waals surface area contributed by atoms with Gasteiger partial charge in [0, 0.05) is 32.0 Å². The highest BCUT2D eigenvalue weighted by Gasteiger charge is 2.23. The number of hydrogen-bond acceptors (Lipinski definition) is 6. The molecule has 3 heterocycles. The molecule has 0 saturated carbocycles. The van der Waals surface area contributed by atoms with Crippen molar-refractivity contribution < 1.29 is 9.84 Å². The minimum absolute atomic E-state index is 0.0699. The van der Waals surface area contributed by atoms with Gasteiger partial charge in [-0.05, 0) is 19.9 Å². The number of aliphatic hydroxyl groups is 1. The van der Waals surface area contributed by atoms with E-state index in [1.165, 1.54) is 0 Å². The second-order valence-electron chi connectivity index (χ2n) is 6.02. The average molecular weight is 320 g/mol. The zero-order valence-corrected chi connectivity index (χ0v) is 13.7. The van der Waals surface area contributed by atoms with Crippen LogP contribution in [0.25, 0.3) is 0 Å². The molecule has 3 rings (SSSR count). The van der Waals surface area contributed by atoms with E-state index in [0.29, 0.717) is 26.2 Å². The minimum atomic E-state index is -0.441. The van der Waals surface area contributed by atoms with Gasteiger partial charge in [-0.25, -0.2) is 9.67 Å². The maximum Gasteiger partial charge on any atom is 0.147 e. The van der Waals surface area contributed by atoms with Crippen molar-refractivity contribution in [2.45, 2.75) is 39.1 Å². The van der Waals surface area contributed by atoms with Crippen molar-refractivity contribution in [3.63, 3.8) is 0 Å². The second-order valence-corrected chi connectivity index (χ2v) is 6.02. The number of aliphatic hydroxyl groups excluding tert-OH is 1. The summed E-state index contributed by atoms with van der Waals surface area (Å²) in [7, 11) is 0. The number of rotatable bonds is 6. The van der Waals surface area contributed by atoms with Gasteiger partial charge in [-0.2, -0.15) is 10.2 Å². The van der Waals surface area contributed by atoms with Crippen LogP contribution in [0.1, 0.15) is 11.6 Å². The average Bonchev–Trinajstić information content (AvgIpc) is 3.09. The Hall–Kier alpha value is -1.77. The maximum absolute atomic E-state index is 10.2. The van der Waals surface area contributed by atoms with E-state index in [-0.39, 0.29) is 6.10 Å². The molecule has 1 aliphatic heterocycles. The Morgan fingerprint density at radius 3 is 2.96 bits per heavy atom. The molecule has 2 aromatic rings. The topological polar surface area (TPSA) is 81.2 Å². The Morgan fingerprint density at radius 1 is 1.39 bits per heavy atom. The van der Waals surface area contributed by atoms with Crippen LogP contribution in [0.2, 0.25) is 0 Å². The molecule has 1 fully saturated rings. The highest BCUT2D eigenvalue weighted by Crippen LogP contribution is 2.10. The number of hydrogen-bond donors (Lipinski definition) is 1. The first-order valence-corrected chi connectivity index (χ1v) is 7.97. The molecule has 1 aliphatic rings. The van der Waals surface area contributed by atoms with E-state index in [1.807, 2.05) is 30.8 Å². The summed E-state index contributed by atoms with van der Waals surface area (Å²) in [6.45, 7) is 7.96. The third-order valence-electron chi connectivity index (χ3n) is 3.99. The van der Waals surface area contributed by atoms with E-state index in [9.17, 15) is 5.11 Å². The van der Waals surface area contributed by atoms with Crippen LogP contribution in [0, 0.1) is 13.8 Å². The Labute approximate surface area is 135 Å². The first-order chi connectivity index (χ1) is 11.1. The summed E-state index contributed by atoms with van der Waals surface area (Å²) in [5.41, 5.74) is 0. The Morgan fingerprint density at radius 2 is 2.26 bits per heavy atom. The molecular weight excluding hydrogens is 296 g/mol. The fourth-order valence-electron chi connectivity index (χ4n) is 2.96. The van der Waals surface area contributed by atoms with Crippen LogP contribution < -0.4 is 0 Å². The zero-order chi connectivity index (χ0) is 16.2. The van der Waals surface area contributed by atoms with E-state index in [2.05, 4.69) is 20.1 Å². The summed E-state index contributed by atoms with van der Waals surface area (Å²) >= 11 is 0. The summed E-state index contributed by atoms with van der Waals surface area (Å²) in [6, 6.07) is 1.86. The smallest absolute Gasteiger partial charge is 0.147 e. The van der Waals surface area contributed by atoms with Crippen LogP contribution in [0.15, 0.2) is 18.5 Å². The lowest BCUT2D eigenvalue weighted by Crippen LogP contribution is -2.47. The lowest BCUT2D eigenvalue weighted by Gasteiger charge is -2.34. The predicted molar refractivity (Wildman–Crippen MR) is 83.9 cm³/mol. The number of aromatic nitrogens is 5. The molecule has 2 atom stereocenters. The predicted octanol–water partition coefficient (Wildman–Crippen LogP) is -0.147. The Bertz CT molecular complexity index is 612. The first kappa shape index (κ1) is 16.1. The van der Waals surface area contributed by atoms with Crippen LogP contribution in [0.3, 0.4) is 0 Å². The number of nitrogens with zero attached hydrogens (tertiary/aromatic N) is 6. The number of ether oxygens (including phenoxy) is 1. The van der Waals surface area contributed by atoms with Crippen molar-refractivity contribution in [1.29, 1.82) is 0 Å². The molecule has 0 spiro atoms. The zero-order valence-electron chi connectivity index (χ0n) is 13.7. The fraction of sp³-hybridized carbons (Fsp3) is 0.667. The largest absolute Gasteiger partial charge is 0.390 e. The van der Waals surface area contributed by atoms with Gasteiger partial charge in [0.25, 0.3) is 0 Å². The molecule has 8 nitrogen and oxygen atoms in total. The highest BCUT2D eigenvalue weighted by molar-refractivity contribution is 4.89. The third kappa shape index (κ3) is 4.37. The van der Waals surface area contributed by atoms with E-state index in [1.54, 1.807) is 10.9 Å². The van der Waals surface area contributed by atoms with Crippen molar-refractivity contribution >= 4 is 0 Å². The molecule has 126 valence electrons. The highest BCUT2D eigenvalue weighted by atomic mass is 16.5. The molecule has 1 N–H and O–H groups in total. The molecule has 1 saturated heterocycles. The number of morpholine rings is 1. The van der Waals surface area contributed by atoms with Crippen molar-refractivity contribution in [2.24, 2.45) is 0 Å². The lowest BCUT2D eigenvalue weighted by atomic mass is 10.2. The molecule has 0 aliphatic carbocycles. The lowest BCUT2D eigenvalue weighted by molar-refractivity contribution is -0.0500. The standard InChI is InChI=1S/C15H24N6O2/c1-12-17-13(2)21(18-12)11-15-10-19(6-7-23-15)8-14(22)9-20-5-3-4-16-20/h3-5,14-15,22H,6-11H2,1-2H3/t14-,15-/m1/s1. The van der Waals surface area contributed by atoms with Gasteiger partial charge in [0.2, 0.25) is 0 Å². The monoisotopic (exact) mass is 320 g/mol. The summed E-state index contributed by atoms with van der Waals surface area (Å²) < 4.78 is 9.48.